The molecule has 1 aliphatic heterocycles. The molecule has 2 N–H and O–H groups in total. The maximum absolute atomic E-state index is 12.5. The molecule has 2 aromatic rings. The number of methoxy groups -OCH3 is 1. The molecule has 0 aliphatic carbocycles. The maximum atomic E-state index is 12.5. The van der Waals surface area contributed by atoms with Gasteiger partial charge in [0.2, 0.25) is 5.91 Å². The van der Waals surface area contributed by atoms with E-state index in [-0.39, 0.29) is 31.4 Å². The third kappa shape index (κ3) is 5.95. The van der Waals surface area contributed by atoms with Gasteiger partial charge in [0.1, 0.15) is 12.4 Å². The van der Waals surface area contributed by atoms with Crippen molar-refractivity contribution in [2.45, 2.75) is 19.4 Å². The average Bonchev–Trinajstić information content (AvgIpc) is 2.74. The number of anilines is 3. The molecule has 0 saturated carbocycles. The summed E-state index contributed by atoms with van der Waals surface area (Å²) in [4.78, 5) is 38.3. The molecule has 2 aromatic carbocycles. The van der Waals surface area contributed by atoms with Gasteiger partial charge in [-0.05, 0) is 37.3 Å². The van der Waals surface area contributed by atoms with Crippen molar-refractivity contribution in [1.82, 2.24) is 0 Å². The molecule has 9 heteroatoms. The van der Waals surface area contributed by atoms with Crippen molar-refractivity contribution in [2.24, 2.45) is 0 Å². The van der Waals surface area contributed by atoms with Gasteiger partial charge in [-0.3, -0.25) is 14.9 Å². The van der Waals surface area contributed by atoms with Gasteiger partial charge in [0.15, 0.2) is 6.10 Å². The molecule has 3 amide bonds. The van der Waals surface area contributed by atoms with Gasteiger partial charge < -0.3 is 24.4 Å². The molecule has 0 fully saturated rings. The van der Waals surface area contributed by atoms with Crippen molar-refractivity contribution in [3.05, 3.63) is 48.5 Å². The normalized spacial score (nSPS) is 15.0. The molecular formula is C22H25N3O6. The van der Waals surface area contributed by atoms with Gasteiger partial charge in [0.05, 0.1) is 12.3 Å². The van der Waals surface area contributed by atoms with E-state index in [0.717, 1.165) is 0 Å². The van der Waals surface area contributed by atoms with Crippen molar-refractivity contribution in [3.8, 4) is 5.75 Å². The SMILES string of the molecule is COCCOC(=O)Nc1cccc(NC(=O)CCN2C(=O)C(C)Oc3ccccc32)c1. The number of para-hydroxylation sites is 2. The zero-order valence-corrected chi connectivity index (χ0v) is 17.4. The molecule has 0 spiro atoms. The number of carbonyl (C=O) groups excluding carboxylic acids is 3. The van der Waals surface area contributed by atoms with E-state index >= 15 is 0 Å². The summed E-state index contributed by atoms with van der Waals surface area (Å²) >= 11 is 0. The van der Waals surface area contributed by atoms with Crippen LogP contribution in [0.5, 0.6) is 5.75 Å². The fourth-order valence-corrected chi connectivity index (χ4v) is 3.07. The van der Waals surface area contributed by atoms with Gasteiger partial charge in [-0.15, -0.1) is 0 Å². The van der Waals surface area contributed by atoms with Crippen LogP contribution in [0.4, 0.5) is 21.9 Å². The molecule has 0 saturated heterocycles. The summed E-state index contributed by atoms with van der Waals surface area (Å²) in [5.41, 5.74) is 1.64. The largest absolute Gasteiger partial charge is 0.479 e. The number of nitrogens with one attached hydrogen (secondary N) is 2. The van der Waals surface area contributed by atoms with Gasteiger partial charge in [0, 0.05) is 31.5 Å². The van der Waals surface area contributed by atoms with Crippen molar-refractivity contribution >= 4 is 35.0 Å². The first-order valence-corrected chi connectivity index (χ1v) is 9.87. The number of amides is 3. The van der Waals surface area contributed by atoms with Crippen molar-refractivity contribution in [2.75, 3.05) is 42.4 Å². The van der Waals surface area contributed by atoms with Crippen molar-refractivity contribution in [3.63, 3.8) is 0 Å². The number of benzene rings is 2. The highest BCUT2D eigenvalue weighted by molar-refractivity contribution is 6.01. The van der Waals surface area contributed by atoms with E-state index in [4.69, 9.17) is 14.2 Å². The van der Waals surface area contributed by atoms with Crippen LogP contribution in [0.1, 0.15) is 13.3 Å². The van der Waals surface area contributed by atoms with Crippen LogP contribution < -0.4 is 20.3 Å². The highest BCUT2D eigenvalue weighted by Gasteiger charge is 2.31. The number of nitrogens with zero attached hydrogens (tertiary/aromatic N) is 1. The Hall–Kier alpha value is -3.59. The number of hydrogen-bond acceptors (Lipinski definition) is 6. The zero-order valence-electron chi connectivity index (χ0n) is 17.4. The van der Waals surface area contributed by atoms with Crippen molar-refractivity contribution in [1.29, 1.82) is 0 Å². The van der Waals surface area contributed by atoms with Crippen LogP contribution >= 0.6 is 0 Å². The summed E-state index contributed by atoms with van der Waals surface area (Å²) < 4.78 is 15.4. The first-order valence-electron chi connectivity index (χ1n) is 9.87. The van der Waals surface area contributed by atoms with Crippen LogP contribution in [0, 0.1) is 0 Å². The summed E-state index contributed by atoms with van der Waals surface area (Å²) in [6.07, 6.45) is -1.12. The van der Waals surface area contributed by atoms with E-state index < -0.39 is 12.2 Å². The second-order valence-electron chi connectivity index (χ2n) is 6.85. The first-order chi connectivity index (χ1) is 15.0. The summed E-state index contributed by atoms with van der Waals surface area (Å²) in [5, 5.41) is 5.36. The Balaban J connectivity index is 1.55. The van der Waals surface area contributed by atoms with E-state index in [1.807, 2.05) is 12.1 Å². The second-order valence-corrected chi connectivity index (χ2v) is 6.85. The van der Waals surface area contributed by atoms with Crippen molar-refractivity contribution < 1.29 is 28.6 Å². The van der Waals surface area contributed by atoms with Crippen LogP contribution in [0.15, 0.2) is 48.5 Å². The fourth-order valence-electron chi connectivity index (χ4n) is 3.07. The fraction of sp³-hybridized carbons (Fsp3) is 0.318. The molecule has 1 aliphatic rings. The second kappa shape index (κ2) is 10.4. The molecule has 0 aromatic heterocycles. The lowest BCUT2D eigenvalue weighted by atomic mass is 10.1. The van der Waals surface area contributed by atoms with Gasteiger partial charge in [-0.25, -0.2) is 4.79 Å². The molecular weight excluding hydrogens is 402 g/mol. The standard InChI is InChI=1S/C22H25N3O6/c1-15-21(27)25(18-8-3-4-9-19(18)31-15)11-10-20(26)23-16-6-5-7-17(14-16)24-22(28)30-13-12-29-2/h3-9,14-15H,10-13H2,1-2H3,(H,23,26)(H,24,28). The van der Waals surface area contributed by atoms with Crippen LogP contribution in [0.2, 0.25) is 0 Å². The number of ether oxygens (including phenoxy) is 3. The lowest BCUT2D eigenvalue weighted by Gasteiger charge is -2.32. The molecule has 0 radical (unpaired) electrons. The average molecular weight is 427 g/mol. The van der Waals surface area contributed by atoms with Gasteiger partial charge >= 0.3 is 6.09 Å². The summed E-state index contributed by atoms with van der Waals surface area (Å²) in [5.74, 6) is 0.167. The van der Waals surface area contributed by atoms with Gasteiger partial charge in [-0.1, -0.05) is 18.2 Å². The third-order valence-electron chi connectivity index (χ3n) is 4.55. The minimum absolute atomic E-state index is 0.101. The van der Waals surface area contributed by atoms with Crippen LogP contribution in [-0.2, 0) is 19.1 Å². The van der Waals surface area contributed by atoms with Crippen LogP contribution in [0.25, 0.3) is 0 Å². The Bertz CT molecular complexity index is 948. The Labute approximate surface area is 180 Å². The molecule has 31 heavy (non-hydrogen) atoms. The Morgan fingerprint density at radius 2 is 1.81 bits per heavy atom. The predicted molar refractivity (Wildman–Crippen MR) is 115 cm³/mol. The first kappa shape index (κ1) is 22.1. The summed E-state index contributed by atoms with van der Waals surface area (Å²) in [6.45, 7) is 2.35. The molecule has 9 nitrogen and oxygen atoms in total. The molecule has 1 heterocycles. The molecule has 0 bridgehead atoms. The molecule has 1 unspecified atom stereocenters. The minimum Gasteiger partial charge on any atom is -0.479 e. The number of carbonyl (C=O) groups is 3. The Morgan fingerprint density at radius 3 is 2.58 bits per heavy atom. The number of fused-ring (bicyclic) bond motifs is 1. The quantitative estimate of drug-likeness (QED) is 0.628. The summed E-state index contributed by atoms with van der Waals surface area (Å²) in [6, 6.07) is 13.9. The maximum Gasteiger partial charge on any atom is 0.411 e. The Morgan fingerprint density at radius 1 is 1.06 bits per heavy atom. The summed E-state index contributed by atoms with van der Waals surface area (Å²) in [7, 11) is 1.52. The van der Waals surface area contributed by atoms with Gasteiger partial charge in [0.25, 0.3) is 5.91 Å². The van der Waals surface area contributed by atoms with E-state index in [0.29, 0.717) is 29.4 Å². The predicted octanol–water partition coefficient (Wildman–Crippen LogP) is 3.02. The van der Waals surface area contributed by atoms with E-state index in [1.54, 1.807) is 48.2 Å². The lowest BCUT2D eigenvalue weighted by molar-refractivity contribution is -0.125. The highest BCUT2D eigenvalue weighted by Crippen LogP contribution is 2.33. The molecule has 3 rings (SSSR count). The number of hydrogen-bond donors (Lipinski definition) is 2. The monoisotopic (exact) mass is 427 g/mol. The van der Waals surface area contributed by atoms with E-state index in [2.05, 4.69) is 10.6 Å². The topological polar surface area (TPSA) is 106 Å². The van der Waals surface area contributed by atoms with Crippen LogP contribution in [0.3, 0.4) is 0 Å². The molecule has 164 valence electrons. The number of rotatable bonds is 8. The lowest BCUT2D eigenvalue weighted by Crippen LogP contribution is -2.45. The van der Waals surface area contributed by atoms with E-state index in [9.17, 15) is 14.4 Å². The molecule has 1 atom stereocenters. The van der Waals surface area contributed by atoms with Crippen LogP contribution in [-0.4, -0.2) is 50.9 Å². The van der Waals surface area contributed by atoms with Gasteiger partial charge in [-0.2, -0.15) is 0 Å². The van der Waals surface area contributed by atoms with E-state index in [1.165, 1.54) is 7.11 Å². The smallest absolute Gasteiger partial charge is 0.411 e. The Kier molecular flexibility index (Phi) is 7.45. The highest BCUT2D eigenvalue weighted by atomic mass is 16.6. The third-order valence-corrected chi connectivity index (χ3v) is 4.55. The minimum atomic E-state index is -0.612. The zero-order chi connectivity index (χ0) is 22.2.